The molecule has 2 aliphatic rings. The number of carbonyl (C=O) groups is 4. The molecule has 3 aromatic heterocycles. The highest BCUT2D eigenvalue weighted by Gasteiger charge is 2.35. The summed E-state index contributed by atoms with van der Waals surface area (Å²) in [5, 5.41) is 27.0. The van der Waals surface area contributed by atoms with Crippen LogP contribution in [0.2, 0.25) is 0 Å². The Labute approximate surface area is 317 Å². The molecule has 2 aliphatic heterocycles. The molecule has 7 rings (SSSR count). The molecule has 14 heteroatoms. The molecular formula is C41H41N7O7. The van der Waals surface area contributed by atoms with Gasteiger partial charge in [0.2, 0.25) is 17.7 Å². The molecule has 2 saturated heterocycles. The molecule has 282 valence electrons. The first kappa shape index (κ1) is 37.1. The lowest BCUT2D eigenvalue weighted by Gasteiger charge is -2.26. The van der Waals surface area contributed by atoms with Crippen LogP contribution in [0.1, 0.15) is 61.9 Å². The molecule has 2 aromatic carbocycles. The molecule has 4 atom stereocenters. The van der Waals surface area contributed by atoms with Crippen molar-refractivity contribution in [3.63, 3.8) is 0 Å². The topological polar surface area (TPSA) is 191 Å². The molecule has 14 nitrogen and oxygen atoms in total. The lowest BCUT2D eigenvalue weighted by Crippen LogP contribution is -2.40. The van der Waals surface area contributed by atoms with Crippen LogP contribution in [0.25, 0.3) is 22.8 Å². The maximum Gasteiger partial charge on any atom is 0.256 e. The second-order valence-corrected chi connectivity index (χ2v) is 13.7. The van der Waals surface area contributed by atoms with E-state index in [1.54, 1.807) is 89.1 Å². The van der Waals surface area contributed by atoms with Gasteiger partial charge in [0.05, 0.1) is 6.20 Å². The quantitative estimate of drug-likeness (QED) is 0.137. The number of aliphatic hydroxyl groups is 2. The highest BCUT2D eigenvalue weighted by molar-refractivity contribution is 5.93. The summed E-state index contributed by atoms with van der Waals surface area (Å²) in [6.07, 6.45) is 8.10. The summed E-state index contributed by atoms with van der Waals surface area (Å²) in [7, 11) is 0. The molecule has 0 spiro atoms. The van der Waals surface area contributed by atoms with Gasteiger partial charge in [-0.1, -0.05) is 12.1 Å². The Kier molecular flexibility index (Phi) is 11.3. The first-order valence-corrected chi connectivity index (χ1v) is 18.3. The van der Waals surface area contributed by atoms with E-state index < -0.39 is 24.0 Å². The Morgan fingerprint density at radius 3 is 1.60 bits per heavy atom. The molecule has 55 heavy (non-hydrogen) atoms. The van der Waals surface area contributed by atoms with Crippen LogP contribution in [0.3, 0.4) is 0 Å². The summed E-state index contributed by atoms with van der Waals surface area (Å²) in [4.78, 5) is 67.5. The number of anilines is 2. The number of amides is 4. The van der Waals surface area contributed by atoms with E-state index in [1.807, 2.05) is 12.1 Å². The SMILES string of the molecule is O=C(C[C@@H]1CCCN1C(=O)C(O)c1cccnc1)Nc1ccc(-c2cnc(-c3ccc(NC(=O)C[C@@H]4CCCN4C(=O)C(O)c4cccnc4)cc3)o2)cc1. The molecule has 2 fully saturated rings. The van der Waals surface area contributed by atoms with Crippen LogP contribution in [0.4, 0.5) is 11.4 Å². The van der Waals surface area contributed by atoms with Crippen LogP contribution >= 0.6 is 0 Å². The molecular weight excluding hydrogens is 702 g/mol. The molecule has 0 radical (unpaired) electrons. The van der Waals surface area contributed by atoms with Crippen LogP contribution in [0.15, 0.2) is 108 Å². The Hall–Kier alpha value is -6.25. The average Bonchev–Trinajstić information content (AvgIpc) is 4.00. The minimum absolute atomic E-state index is 0.109. The van der Waals surface area contributed by atoms with Crippen molar-refractivity contribution in [3.8, 4) is 22.8 Å². The van der Waals surface area contributed by atoms with E-state index in [1.165, 1.54) is 12.4 Å². The van der Waals surface area contributed by atoms with Crippen LogP contribution in [0, 0.1) is 0 Å². The number of hydrogen-bond donors (Lipinski definition) is 4. The van der Waals surface area contributed by atoms with Gasteiger partial charge in [0.25, 0.3) is 11.8 Å². The Morgan fingerprint density at radius 1 is 0.673 bits per heavy atom. The van der Waals surface area contributed by atoms with Gasteiger partial charge < -0.3 is 35.1 Å². The fraction of sp³-hybridized carbons (Fsp3) is 0.293. The predicted octanol–water partition coefficient (Wildman–Crippen LogP) is 4.91. The zero-order valence-corrected chi connectivity index (χ0v) is 30.0. The summed E-state index contributed by atoms with van der Waals surface area (Å²) in [6.45, 7) is 0.959. The molecule has 0 bridgehead atoms. The van der Waals surface area contributed by atoms with Crippen molar-refractivity contribution in [2.24, 2.45) is 0 Å². The smallest absolute Gasteiger partial charge is 0.256 e. The van der Waals surface area contributed by atoms with Gasteiger partial charge in [-0.2, -0.15) is 0 Å². The van der Waals surface area contributed by atoms with Gasteiger partial charge in [-0.25, -0.2) is 4.98 Å². The van der Waals surface area contributed by atoms with Gasteiger partial charge in [0, 0.05) is 96.4 Å². The fourth-order valence-electron chi connectivity index (χ4n) is 7.16. The van der Waals surface area contributed by atoms with Crippen molar-refractivity contribution in [3.05, 3.63) is 115 Å². The van der Waals surface area contributed by atoms with Crippen molar-refractivity contribution in [2.45, 2.75) is 62.8 Å². The first-order chi connectivity index (χ1) is 26.7. The van der Waals surface area contributed by atoms with Crippen LogP contribution in [-0.4, -0.2) is 83.8 Å². The van der Waals surface area contributed by atoms with Crippen molar-refractivity contribution in [1.82, 2.24) is 24.8 Å². The summed E-state index contributed by atoms with van der Waals surface area (Å²) >= 11 is 0. The second-order valence-electron chi connectivity index (χ2n) is 13.7. The molecule has 0 saturated carbocycles. The standard InChI is InChI=1S/C41H41N7O7/c49-35(21-32-7-3-19-47(32)40(53)37(51)28-5-1-17-42-23-28)45-30-13-9-26(10-14-30)34-25-44-39(55-34)27-11-15-31(16-12-27)46-36(50)22-33-8-4-20-48(33)41(54)38(52)29-6-2-18-43-24-29/h1-2,5-6,9-18,23-25,32-33,37-38,51-52H,3-4,7-8,19-22H2,(H,45,49)(H,46,50)/t32-,33-,37?,38?/m0/s1. The zero-order valence-electron chi connectivity index (χ0n) is 30.0. The molecule has 5 heterocycles. The van der Waals surface area contributed by atoms with Gasteiger partial charge in [-0.05, 0) is 86.3 Å². The molecule has 4 amide bonds. The normalized spacial score (nSPS) is 17.8. The lowest BCUT2D eigenvalue weighted by molar-refractivity contribution is -0.142. The first-order valence-electron chi connectivity index (χ1n) is 18.3. The van der Waals surface area contributed by atoms with Gasteiger partial charge in [-0.3, -0.25) is 29.1 Å². The number of aliphatic hydroxyl groups excluding tert-OH is 2. The fourth-order valence-corrected chi connectivity index (χ4v) is 7.16. The van der Waals surface area contributed by atoms with Gasteiger partial charge in [-0.15, -0.1) is 0 Å². The van der Waals surface area contributed by atoms with Crippen molar-refractivity contribution >= 4 is 35.0 Å². The summed E-state index contributed by atoms with van der Waals surface area (Å²) < 4.78 is 6.04. The van der Waals surface area contributed by atoms with E-state index >= 15 is 0 Å². The highest BCUT2D eigenvalue weighted by Crippen LogP contribution is 2.30. The maximum absolute atomic E-state index is 13.0. The second kappa shape index (κ2) is 16.8. The van der Waals surface area contributed by atoms with E-state index in [-0.39, 0.29) is 36.7 Å². The molecule has 5 aromatic rings. The number of hydrogen-bond acceptors (Lipinski definition) is 10. The minimum Gasteiger partial charge on any atom is -0.436 e. The van der Waals surface area contributed by atoms with Crippen molar-refractivity contribution < 1.29 is 33.8 Å². The van der Waals surface area contributed by atoms with Gasteiger partial charge >= 0.3 is 0 Å². The van der Waals surface area contributed by atoms with Crippen LogP contribution < -0.4 is 10.6 Å². The Bertz CT molecular complexity index is 1960. The zero-order chi connectivity index (χ0) is 38.3. The number of nitrogens with zero attached hydrogens (tertiary/aromatic N) is 5. The van der Waals surface area contributed by atoms with Crippen LogP contribution in [0.5, 0.6) is 0 Å². The van der Waals surface area contributed by atoms with E-state index in [0.29, 0.717) is 65.6 Å². The monoisotopic (exact) mass is 743 g/mol. The number of nitrogens with one attached hydrogen (secondary N) is 2. The van der Waals surface area contributed by atoms with Crippen molar-refractivity contribution in [2.75, 3.05) is 23.7 Å². The summed E-state index contributed by atoms with van der Waals surface area (Å²) in [5.74, 6) is -0.415. The maximum atomic E-state index is 13.0. The van der Waals surface area contributed by atoms with E-state index in [9.17, 15) is 29.4 Å². The largest absolute Gasteiger partial charge is 0.436 e. The predicted molar refractivity (Wildman–Crippen MR) is 202 cm³/mol. The van der Waals surface area contributed by atoms with Crippen molar-refractivity contribution in [1.29, 1.82) is 0 Å². The minimum atomic E-state index is -1.33. The lowest BCUT2D eigenvalue weighted by atomic mass is 10.1. The number of rotatable bonds is 12. The van der Waals surface area contributed by atoms with E-state index in [2.05, 4.69) is 25.6 Å². The summed E-state index contributed by atoms with van der Waals surface area (Å²) in [6, 6.07) is 20.2. The Balaban J connectivity index is 0.894. The number of likely N-dealkylation sites (tertiary alicyclic amines) is 2. The number of carbonyl (C=O) groups excluding carboxylic acids is 4. The third kappa shape index (κ3) is 8.77. The van der Waals surface area contributed by atoms with Gasteiger partial charge in [0.15, 0.2) is 18.0 Å². The summed E-state index contributed by atoms with van der Waals surface area (Å²) in [5.41, 5.74) is 3.47. The van der Waals surface area contributed by atoms with Gasteiger partial charge in [0.1, 0.15) is 0 Å². The van der Waals surface area contributed by atoms with Crippen LogP contribution in [-0.2, 0) is 19.2 Å². The van der Waals surface area contributed by atoms with E-state index in [4.69, 9.17) is 4.42 Å². The molecule has 0 aliphatic carbocycles. The molecule has 4 N–H and O–H groups in total. The molecule has 2 unspecified atom stereocenters. The average molecular weight is 744 g/mol. The highest BCUT2D eigenvalue weighted by atomic mass is 16.4. The number of oxazole rings is 1. The number of pyridine rings is 2. The third-order valence-corrected chi connectivity index (χ3v) is 10.0. The Morgan fingerprint density at radius 2 is 1.15 bits per heavy atom. The third-order valence-electron chi connectivity index (χ3n) is 10.0. The number of benzene rings is 2. The van der Waals surface area contributed by atoms with E-state index in [0.717, 1.165) is 18.4 Å². The number of aromatic nitrogens is 3.